The second kappa shape index (κ2) is 14.1. The van der Waals surface area contributed by atoms with Crippen molar-refractivity contribution in [3.05, 3.63) is 212 Å². The maximum Gasteiger partial charge on any atom is 0.0718 e. The van der Waals surface area contributed by atoms with Gasteiger partial charge in [-0.1, -0.05) is 158 Å². The van der Waals surface area contributed by atoms with E-state index in [4.69, 9.17) is 0 Å². The van der Waals surface area contributed by atoms with Gasteiger partial charge in [0.1, 0.15) is 0 Å². The van der Waals surface area contributed by atoms with Gasteiger partial charge in [0.05, 0.1) is 10.4 Å². The topological polar surface area (TPSA) is 3.24 Å². The number of hydrogen-bond donors (Lipinski definition) is 0. The average Bonchev–Trinajstić information content (AvgIpc) is 3.86. The van der Waals surface area contributed by atoms with Crippen LogP contribution < -0.4 is 4.90 Å². The predicted octanol–water partition coefficient (Wildman–Crippen LogP) is 16.6. The molecule has 0 unspecified atom stereocenters. The minimum Gasteiger partial charge on any atom is -0.308 e. The van der Waals surface area contributed by atoms with Gasteiger partial charge in [-0.25, -0.2) is 0 Å². The Kier molecular flexibility index (Phi) is 8.28. The first-order valence-corrected chi connectivity index (χ1v) is 21.0. The monoisotopic (exact) mass is 761 g/mol. The van der Waals surface area contributed by atoms with Crippen LogP contribution in [-0.2, 0) is 0 Å². The molecule has 2 aromatic heterocycles. The van der Waals surface area contributed by atoms with Crippen molar-refractivity contribution in [1.82, 2.24) is 0 Å². The molecule has 0 N–H and O–H groups in total. The summed E-state index contributed by atoms with van der Waals surface area (Å²) in [7, 11) is 0. The number of rotatable bonds is 7. The highest BCUT2D eigenvalue weighted by molar-refractivity contribution is 7.26. The van der Waals surface area contributed by atoms with Crippen molar-refractivity contribution in [3.63, 3.8) is 0 Å². The van der Waals surface area contributed by atoms with Gasteiger partial charge in [0.25, 0.3) is 0 Å². The van der Waals surface area contributed by atoms with Gasteiger partial charge in [-0.05, 0) is 93.5 Å². The lowest BCUT2D eigenvalue weighted by molar-refractivity contribution is 1.30. The first-order chi connectivity index (χ1) is 28.2. The summed E-state index contributed by atoms with van der Waals surface area (Å²) in [6.45, 7) is 0. The first kappa shape index (κ1) is 33.5. The number of fused-ring (bicyclic) bond motifs is 6. The third-order valence-corrected chi connectivity index (χ3v) is 13.4. The molecule has 3 heteroatoms. The van der Waals surface area contributed by atoms with E-state index in [-0.39, 0.29) is 0 Å². The largest absolute Gasteiger partial charge is 0.308 e. The second-order valence-electron chi connectivity index (χ2n) is 14.5. The van der Waals surface area contributed by atoms with Crippen molar-refractivity contribution in [2.24, 2.45) is 0 Å². The predicted molar refractivity (Wildman–Crippen MR) is 249 cm³/mol. The minimum absolute atomic E-state index is 1.11. The van der Waals surface area contributed by atoms with E-state index in [1.807, 2.05) is 22.7 Å². The van der Waals surface area contributed by atoms with Crippen LogP contribution in [0, 0.1) is 0 Å². The van der Waals surface area contributed by atoms with Crippen LogP contribution in [0.2, 0.25) is 0 Å². The Labute approximate surface area is 340 Å². The molecule has 0 aliphatic heterocycles. The molecule has 0 radical (unpaired) electrons. The standard InChI is InChI=1S/C54H35NS2/c1-3-12-36(13-4-1)40-16-11-17-41(34-40)37-22-27-43(28-23-37)55(44-29-24-38(25-30-44)42-26-33-52-49(35-42)47-19-8-9-20-50(47)56-52)53-45(39-14-5-2-6-15-39)31-32-48-46-18-7-10-21-51(46)57-54(48)53/h1-35H. The Bertz CT molecular complexity index is 3210. The third-order valence-electron chi connectivity index (χ3n) is 11.1. The zero-order valence-corrected chi connectivity index (χ0v) is 32.6. The highest BCUT2D eigenvalue weighted by atomic mass is 32.1. The summed E-state index contributed by atoms with van der Waals surface area (Å²) >= 11 is 3.74. The quantitative estimate of drug-likeness (QED) is 0.156. The number of anilines is 3. The summed E-state index contributed by atoms with van der Waals surface area (Å²) < 4.78 is 5.22. The fourth-order valence-electron chi connectivity index (χ4n) is 8.28. The van der Waals surface area contributed by atoms with Crippen LogP contribution >= 0.6 is 22.7 Å². The summed E-state index contributed by atoms with van der Waals surface area (Å²) in [6, 6.07) is 77.6. The van der Waals surface area contributed by atoms with E-state index in [0.717, 1.165) is 11.4 Å². The SMILES string of the molecule is c1ccc(-c2cccc(-c3ccc(N(c4ccc(-c5ccc6sc7ccccc7c6c5)cc4)c4c(-c5ccccc5)ccc5c4sc4ccccc45)cc3)c2)cc1. The summed E-state index contributed by atoms with van der Waals surface area (Å²) in [5.41, 5.74) is 13.1. The maximum atomic E-state index is 2.48. The van der Waals surface area contributed by atoms with Gasteiger partial charge in [0.15, 0.2) is 0 Å². The van der Waals surface area contributed by atoms with Gasteiger partial charge in [-0.3, -0.25) is 0 Å². The Balaban J connectivity index is 1.08. The smallest absolute Gasteiger partial charge is 0.0718 e. The molecule has 0 atom stereocenters. The molecule has 0 saturated carbocycles. The van der Waals surface area contributed by atoms with Crippen LogP contribution in [0.4, 0.5) is 17.1 Å². The van der Waals surface area contributed by atoms with Crippen molar-refractivity contribution < 1.29 is 0 Å². The molecule has 11 rings (SSSR count). The lowest BCUT2D eigenvalue weighted by Crippen LogP contribution is -2.11. The van der Waals surface area contributed by atoms with Gasteiger partial charge >= 0.3 is 0 Å². The average molecular weight is 762 g/mol. The van der Waals surface area contributed by atoms with E-state index < -0.39 is 0 Å². The zero-order valence-electron chi connectivity index (χ0n) is 31.0. The molecule has 11 aromatic rings. The molecular weight excluding hydrogens is 727 g/mol. The van der Waals surface area contributed by atoms with E-state index in [9.17, 15) is 0 Å². The molecule has 1 nitrogen and oxygen atoms in total. The fraction of sp³-hybridized carbons (Fsp3) is 0. The summed E-state index contributed by atoms with van der Waals surface area (Å²) in [6.07, 6.45) is 0. The van der Waals surface area contributed by atoms with Crippen molar-refractivity contribution in [3.8, 4) is 44.5 Å². The lowest BCUT2D eigenvalue weighted by atomic mass is 9.97. The molecule has 0 aliphatic rings. The lowest BCUT2D eigenvalue weighted by Gasteiger charge is -2.29. The van der Waals surface area contributed by atoms with E-state index in [2.05, 4.69) is 217 Å². The number of benzene rings is 9. The van der Waals surface area contributed by atoms with Crippen LogP contribution in [0.1, 0.15) is 0 Å². The van der Waals surface area contributed by atoms with Crippen LogP contribution in [0.15, 0.2) is 212 Å². The third kappa shape index (κ3) is 6.00. The molecule has 2 heterocycles. The summed E-state index contributed by atoms with van der Waals surface area (Å²) in [5.74, 6) is 0. The van der Waals surface area contributed by atoms with Gasteiger partial charge in [-0.2, -0.15) is 0 Å². The summed E-state index contributed by atoms with van der Waals surface area (Å²) in [5, 5.41) is 5.20. The van der Waals surface area contributed by atoms with Crippen molar-refractivity contribution in [2.75, 3.05) is 4.90 Å². The van der Waals surface area contributed by atoms with Crippen molar-refractivity contribution in [2.45, 2.75) is 0 Å². The van der Waals surface area contributed by atoms with Crippen LogP contribution in [0.3, 0.4) is 0 Å². The molecule has 0 spiro atoms. The molecule has 0 amide bonds. The van der Waals surface area contributed by atoms with E-state index >= 15 is 0 Å². The Hall–Kier alpha value is -6.78. The molecule has 0 fully saturated rings. The molecule has 57 heavy (non-hydrogen) atoms. The van der Waals surface area contributed by atoms with Gasteiger partial charge in [0.2, 0.25) is 0 Å². The zero-order chi connectivity index (χ0) is 37.7. The van der Waals surface area contributed by atoms with Crippen LogP contribution in [0.5, 0.6) is 0 Å². The van der Waals surface area contributed by atoms with Crippen LogP contribution in [-0.4, -0.2) is 0 Å². The van der Waals surface area contributed by atoms with Gasteiger partial charge < -0.3 is 4.90 Å². The Morgan fingerprint density at radius 2 is 0.754 bits per heavy atom. The molecule has 0 saturated heterocycles. The normalized spacial score (nSPS) is 11.5. The van der Waals surface area contributed by atoms with Crippen molar-refractivity contribution in [1.29, 1.82) is 0 Å². The first-order valence-electron chi connectivity index (χ1n) is 19.3. The van der Waals surface area contributed by atoms with E-state index in [1.165, 1.54) is 90.5 Å². The van der Waals surface area contributed by atoms with Crippen molar-refractivity contribution >= 4 is 80.1 Å². The Morgan fingerprint density at radius 3 is 1.40 bits per heavy atom. The number of nitrogens with zero attached hydrogens (tertiary/aromatic N) is 1. The fourth-order valence-corrected chi connectivity index (χ4v) is 10.6. The molecule has 9 aromatic carbocycles. The van der Waals surface area contributed by atoms with Gasteiger partial charge in [-0.15, -0.1) is 22.7 Å². The maximum absolute atomic E-state index is 2.48. The molecule has 0 bridgehead atoms. The van der Waals surface area contributed by atoms with E-state index in [1.54, 1.807) is 0 Å². The molecular formula is C54H35NS2. The highest BCUT2D eigenvalue weighted by Crippen LogP contribution is 2.50. The van der Waals surface area contributed by atoms with Gasteiger partial charge in [0, 0.05) is 52.6 Å². The number of thiophene rings is 2. The number of hydrogen-bond acceptors (Lipinski definition) is 3. The molecule has 0 aliphatic carbocycles. The molecule has 268 valence electrons. The Morgan fingerprint density at radius 1 is 0.281 bits per heavy atom. The van der Waals surface area contributed by atoms with E-state index in [0.29, 0.717) is 0 Å². The van der Waals surface area contributed by atoms with Crippen LogP contribution in [0.25, 0.3) is 84.9 Å². The second-order valence-corrected chi connectivity index (χ2v) is 16.6. The highest BCUT2D eigenvalue weighted by Gasteiger charge is 2.23. The minimum atomic E-state index is 1.11. The summed E-state index contributed by atoms with van der Waals surface area (Å²) in [4.78, 5) is 2.48.